The molecule has 0 aliphatic carbocycles. The lowest BCUT2D eigenvalue weighted by Gasteiger charge is -2.22. The highest BCUT2D eigenvalue weighted by atomic mass is 35.5. The third kappa shape index (κ3) is 45.2. The lowest BCUT2D eigenvalue weighted by molar-refractivity contribution is -0.119. The van der Waals surface area contributed by atoms with Crippen LogP contribution in [0.2, 0.25) is 15.1 Å². The molecule has 0 spiro atoms. The van der Waals surface area contributed by atoms with Gasteiger partial charge in [0.1, 0.15) is 32.8 Å². The van der Waals surface area contributed by atoms with E-state index in [4.69, 9.17) is 56.2 Å². The minimum atomic E-state index is -0.783. The summed E-state index contributed by atoms with van der Waals surface area (Å²) in [6.45, 7) is 29.6. The number of carbonyl (C=O) groups is 11. The van der Waals surface area contributed by atoms with Crippen LogP contribution in [-0.2, 0) is 19.2 Å². The Hall–Kier alpha value is -6.58. The number of hydrogen-bond donors (Lipinski definition) is 6. The Labute approximate surface area is 750 Å². The van der Waals surface area contributed by atoms with Gasteiger partial charge >= 0.3 is 0 Å². The van der Waals surface area contributed by atoms with Crippen molar-refractivity contribution in [2.45, 2.75) is 237 Å². The molecule has 19 nitrogen and oxygen atoms in total. The van der Waals surface area contributed by atoms with Gasteiger partial charge in [-0.05, 0) is 241 Å². The van der Waals surface area contributed by atoms with Gasteiger partial charge < -0.3 is 32.1 Å². The monoisotopic (exact) mass is 1850 g/mol. The smallest absolute Gasteiger partial charge is 0.275 e. The van der Waals surface area contributed by atoms with Crippen molar-refractivity contribution in [3.8, 4) is 0 Å². The van der Waals surface area contributed by atoms with Crippen molar-refractivity contribution in [2.24, 2.45) is 11.5 Å². The predicted octanol–water partition coefficient (Wildman–Crippen LogP) is 22.6. The summed E-state index contributed by atoms with van der Waals surface area (Å²) in [6, 6.07) is 21.4. The maximum atomic E-state index is 13.1. The average Bonchev–Trinajstić information content (AvgIpc) is 1.83. The van der Waals surface area contributed by atoms with E-state index in [-0.39, 0.29) is 99.5 Å². The molecule has 1 aromatic carbocycles. The van der Waals surface area contributed by atoms with E-state index in [2.05, 4.69) is 27.9 Å². The summed E-state index contributed by atoms with van der Waals surface area (Å²) in [5.74, 6) is -1.47. The number of benzene rings is 1. The van der Waals surface area contributed by atoms with Crippen molar-refractivity contribution in [2.75, 3.05) is 53.4 Å². The molecule has 662 valence electrons. The van der Waals surface area contributed by atoms with Gasteiger partial charge in [0.05, 0.1) is 46.1 Å². The maximum Gasteiger partial charge on any atom is 0.275 e. The lowest BCUT2D eigenvalue weighted by atomic mass is 10.1. The van der Waals surface area contributed by atoms with Crippen LogP contribution in [-0.4, -0.2) is 133 Å². The van der Waals surface area contributed by atoms with Gasteiger partial charge in [-0.25, -0.2) is 14.3 Å². The van der Waals surface area contributed by atoms with Crippen molar-refractivity contribution in [1.29, 1.82) is 0 Å². The average molecular weight is 1850 g/mol. The molecule has 31 heteroatoms. The molecule has 0 radical (unpaired) electrons. The van der Waals surface area contributed by atoms with E-state index in [1.54, 1.807) is 33.8 Å². The molecule has 0 bridgehead atoms. The Morgan fingerprint density at radius 3 is 1.20 bits per heavy atom. The molecule has 0 unspecified atom stereocenters. The number of hydroxylamine groups is 1. The molecule has 120 heavy (non-hydrogen) atoms. The fraction of sp³-hybridized carbons (Fsp3) is 0.494. The van der Waals surface area contributed by atoms with E-state index in [1.807, 2.05) is 124 Å². The number of unbranched alkanes of at least 4 members (excludes halogenated alkanes) is 3. The van der Waals surface area contributed by atoms with Crippen LogP contribution in [0.5, 0.6) is 0 Å². The number of Topliss-reactive ketones (excluding diaryl/α,β-unsaturated/α-hetero) is 8. The second kappa shape index (κ2) is 60.1. The van der Waals surface area contributed by atoms with Crippen LogP contribution < -0.4 is 27.6 Å². The number of nitrogens with zero attached hydrogens (tertiary/aromatic N) is 1. The summed E-state index contributed by atoms with van der Waals surface area (Å²) < 4.78 is 26.2. The molecular formula is C89H121Cl3F2N6O13S7. The standard InChI is InChI=1S/C13H18ClNOS.C13H19NO3.C12H17ClOS.C12H16O2S.C10H14ClNOS.C10H14FNOS.C10H13NO2S.C9H10FNO2S/c1-10-9-11(14)13(17-10)12(16)5-4-8-15-6-2-3-7-15;1-9-5-6-11(10(2)7-9)12(16)14-17-13(3,4)8-15;1-3-4-5-6-7-11(14)12-10(13)8-9(2)15-12;1-3-10(13)5-4-6-11(14)12-8-7-9(2)15-12;2*1-7-6-8(11)10(14-7)9(13)4-3-5-12-2;1-7-5-6-9(14-7)8(12)3-2-4-10(11)13;1-5-4-6(10)9(14-5)7(12)2-3-8(11)13/h9H,2-8H2,1H3;5-7,15H,8H2,1-4H3,(H,14,16);8H,3-7H2,1-2H3;7-8H,3-6H2,1-2H3;2*6,12H,3-5H2,1-2H3;5-6H,2-4H2,1H3,(H2,11,13);4H,2-3H2,1H3,(H2,11,13). The Bertz CT molecular complexity index is 4480. The minimum Gasteiger partial charge on any atom is -0.393 e. The molecule has 0 atom stereocenters. The lowest BCUT2D eigenvalue weighted by Crippen LogP contribution is -2.38. The number of thiophene rings is 7. The number of rotatable bonds is 40. The number of aliphatic hydroxyl groups excluding tert-OH is 1. The Balaban J connectivity index is 0.000000465. The topological polar surface area (TPSA) is 309 Å². The maximum absolute atomic E-state index is 13.1. The van der Waals surface area contributed by atoms with Crippen molar-refractivity contribution in [3.05, 3.63) is 184 Å². The summed E-state index contributed by atoms with van der Waals surface area (Å²) in [5.41, 5.74) is 14.0. The van der Waals surface area contributed by atoms with E-state index in [0.29, 0.717) is 89.7 Å². The number of ketones is 8. The first-order chi connectivity index (χ1) is 56.7. The van der Waals surface area contributed by atoms with E-state index >= 15 is 0 Å². The zero-order valence-corrected chi connectivity index (χ0v) is 79.9. The molecule has 7 aromatic heterocycles. The van der Waals surface area contributed by atoms with Crippen molar-refractivity contribution < 1.29 is 71.5 Å². The van der Waals surface area contributed by atoms with Crippen LogP contribution in [0.3, 0.4) is 0 Å². The molecule has 8 N–H and O–H groups in total. The van der Waals surface area contributed by atoms with Gasteiger partial charge in [0, 0.05) is 110 Å². The van der Waals surface area contributed by atoms with Gasteiger partial charge in [-0.2, -0.15) is 0 Å². The number of nitrogens with one attached hydrogen (secondary N) is 3. The first-order valence-electron chi connectivity index (χ1n) is 40.1. The van der Waals surface area contributed by atoms with Gasteiger partial charge in [-0.1, -0.05) is 85.6 Å². The number of nitrogens with two attached hydrogens (primary N) is 2. The molecule has 3 amide bonds. The fourth-order valence-electron chi connectivity index (χ4n) is 11.0. The van der Waals surface area contributed by atoms with Crippen molar-refractivity contribution in [1.82, 2.24) is 21.0 Å². The van der Waals surface area contributed by atoms with Crippen molar-refractivity contribution >= 4 is 178 Å². The Morgan fingerprint density at radius 2 is 0.842 bits per heavy atom. The molecule has 9 rings (SSSR count). The van der Waals surface area contributed by atoms with Gasteiger partial charge in [-0.15, -0.1) is 79.4 Å². The molecule has 8 aromatic rings. The highest BCUT2D eigenvalue weighted by Crippen LogP contribution is 2.32. The molecular weight excluding hydrogens is 1730 g/mol. The highest BCUT2D eigenvalue weighted by molar-refractivity contribution is 7.16. The summed E-state index contributed by atoms with van der Waals surface area (Å²) in [4.78, 5) is 144. The number of amides is 3. The van der Waals surface area contributed by atoms with Crippen LogP contribution in [0.4, 0.5) is 8.78 Å². The third-order valence-corrected chi connectivity index (χ3v) is 26.2. The SMILES string of the molecule is CCC(=O)CCCC(=O)c1ccc(C)s1.CCCCCCC(=O)c1sc(C)cc1Cl.CNCCCC(=O)c1sc(C)cc1Cl.CNCCCC(=O)c1sc(C)cc1F.Cc1cc(Cl)c(C(=O)CCCN2CCCC2)s1.Cc1cc(F)c(C(=O)CCC(N)=O)s1.Cc1ccc(C(=O)CCCC(N)=O)s1.Cc1ccc(C(=O)NOC(C)(C)CO)c(C)c1. The minimum absolute atomic E-state index is 0.0216. The molecule has 1 aliphatic heterocycles. The van der Waals surface area contributed by atoms with E-state index in [0.717, 1.165) is 128 Å². The third-order valence-electron chi connectivity index (χ3n) is 17.4. The number of primary amides is 2. The van der Waals surface area contributed by atoms with Crippen LogP contribution >= 0.6 is 114 Å². The van der Waals surface area contributed by atoms with Crippen LogP contribution in [0, 0.1) is 73.9 Å². The van der Waals surface area contributed by atoms with Crippen LogP contribution in [0.1, 0.15) is 292 Å². The molecule has 0 saturated carbocycles. The zero-order valence-electron chi connectivity index (χ0n) is 71.9. The number of likely N-dealkylation sites (tertiary alicyclic amines) is 1. The normalized spacial score (nSPS) is 11.4. The van der Waals surface area contributed by atoms with E-state index < -0.39 is 17.3 Å². The van der Waals surface area contributed by atoms with Gasteiger partial charge in [0.15, 0.2) is 40.5 Å². The predicted molar refractivity (Wildman–Crippen MR) is 495 cm³/mol. The quantitative estimate of drug-likeness (QED) is 0.0118. The Kier molecular flexibility index (Phi) is 54.8. The molecule has 1 saturated heterocycles. The summed E-state index contributed by atoms with van der Waals surface area (Å²) in [6.07, 6.45) is 15.4. The fourth-order valence-corrected chi connectivity index (χ4v) is 18.4. The van der Waals surface area contributed by atoms with Gasteiger partial charge in [-0.3, -0.25) is 57.6 Å². The molecule has 8 heterocycles. The largest absolute Gasteiger partial charge is 0.393 e. The number of hydrogen-bond acceptors (Lipinski definition) is 23. The van der Waals surface area contributed by atoms with E-state index in [9.17, 15) is 61.5 Å². The number of carbonyl (C=O) groups excluding carboxylic acids is 11. The van der Waals surface area contributed by atoms with Crippen molar-refractivity contribution in [3.63, 3.8) is 0 Å². The number of aryl methyl sites for hydroxylation is 9. The van der Waals surface area contributed by atoms with Crippen LogP contribution in [0.15, 0.2) is 72.8 Å². The van der Waals surface area contributed by atoms with Gasteiger partial charge in [0.2, 0.25) is 11.8 Å². The second-order valence-electron chi connectivity index (χ2n) is 29.1. The molecule has 1 aliphatic rings. The first-order valence-corrected chi connectivity index (χ1v) is 47.0. The summed E-state index contributed by atoms with van der Waals surface area (Å²) in [7, 11) is 3.72. The summed E-state index contributed by atoms with van der Waals surface area (Å²) in [5, 5.41) is 16.8. The highest BCUT2D eigenvalue weighted by Gasteiger charge is 2.23. The second-order valence-corrected chi connectivity index (χ2v) is 39.2. The molecule has 1 fully saturated rings. The van der Waals surface area contributed by atoms with Gasteiger partial charge in [0.25, 0.3) is 5.91 Å². The zero-order chi connectivity index (χ0) is 90.2. The summed E-state index contributed by atoms with van der Waals surface area (Å²) >= 11 is 27.8. The van der Waals surface area contributed by atoms with Crippen LogP contribution in [0.25, 0.3) is 0 Å². The van der Waals surface area contributed by atoms with E-state index in [1.165, 1.54) is 119 Å². The number of aliphatic hydroxyl groups is 1. The first kappa shape index (κ1) is 109. The number of halogens is 5. The Morgan fingerprint density at radius 1 is 0.450 bits per heavy atom.